The van der Waals surface area contributed by atoms with Gasteiger partial charge in [-0.05, 0) is 34.7 Å². The molecule has 3 aromatic rings. The minimum Gasteiger partial charge on any atom is -0.461 e. The summed E-state index contributed by atoms with van der Waals surface area (Å²) in [7, 11) is -2.57. The molecule has 3 rings (SSSR count). The first kappa shape index (κ1) is 24.4. The molecule has 0 bridgehead atoms. The van der Waals surface area contributed by atoms with Crippen LogP contribution in [0.25, 0.3) is 0 Å². The Kier molecular flexibility index (Phi) is 8.04. The van der Waals surface area contributed by atoms with Crippen molar-refractivity contribution in [3.05, 3.63) is 76.7 Å². The number of nitrogens with zero attached hydrogens (tertiary/aromatic N) is 1. The molecule has 1 atom stereocenters. The fourth-order valence-corrected chi connectivity index (χ4v) is 9.79. The molecule has 170 valence electrons. The molecule has 0 aliphatic carbocycles. The average molecular weight is 468 g/mol. The van der Waals surface area contributed by atoms with Crippen LogP contribution in [0.2, 0.25) is 5.04 Å². The van der Waals surface area contributed by atoms with Crippen LogP contribution in [0.4, 0.5) is 0 Å². The monoisotopic (exact) mass is 467 g/mol. The molecule has 0 radical (unpaired) electrons. The standard InChI is InChI=1S/C26H33NO3SSi/c1-6-29-25(28)24-23(31-19-27-24)17-20(2)18-30-32(26(3,4)5,21-13-9-7-10-14-21)22-15-11-8-12-16-22/h7-16,19-20H,6,17-18H2,1-5H3/t20-/m0/s1. The van der Waals surface area contributed by atoms with E-state index in [-0.39, 0.29) is 16.9 Å². The molecule has 0 aliphatic rings. The number of carbonyl (C=O) groups excluding carboxylic acids is 1. The van der Waals surface area contributed by atoms with Crippen molar-refractivity contribution in [2.24, 2.45) is 5.92 Å². The zero-order valence-electron chi connectivity index (χ0n) is 19.6. The summed E-state index contributed by atoms with van der Waals surface area (Å²) in [6, 6.07) is 21.3. The quantitative estimate of drug-likeness (QED) is 0.325. The van der Waals surface area contributed by atoms with Gasteiger partial charge in [0.05, 0.1) is 12.1 Å². The maximum absolute atomic E-state index is 12.2. The van der Waals surface area contributed by atoms with E-state index >= 15 is 0 Å². The lowest BCUT2D eigenvalue weighted by Gasteiger charge is -2.43. The predicted molar refractivity (Wildman–Crippen MR) is 135 cm³/mol. The lowest BCUT2D eigenvalue weighted by molar-refractivity contribution is 0.0518. The van der Waals surface area contributed by atoms with Gasteiger partial charge in [-0.1, -0.05) is 88.4 Å². The van der Waals surface area contributed by atoms with E-state index in [9.17, 15) is 4.79 Å². The third-order valence-corrected chi connectivity index (χ3v) is 11.5. The van der Waals surface area contributed by atoms with Crippen LogP contribution < -0.4 is 10.4 Å². The molecule has 0 saturated carbocycles. The Morgan fingerprint density at radius 1 is 1.03 bits per heavy atom. The SMILES string of the molecule is CCOC(=O)c1ncsc1C[C@H](C)CO[Si](c1ccccc1)(c1ccccc1)C(C)(C)C. The molecule has 32 heavy (non-hydrogen) atoms. The van der Waals surface area contributed by atoms with Crippen molar-refractivity contribution < 1.29 is 14.0 Å². The Labute approximate surface area is 196 Å². The van der Waals surface area contributed by atoms with Crippen molar-refractivity contribution in [2.75, 3.05) is 13.2 Å². The third kappa shape index (κ3) is 5.19. The van der Waals surface area contributed by atoms with Crippen LogP contribution in [0.15, 0.2) is 66.2 Å². The number of carbonyl (C=O) groups is 1. The maximum atomic E-state index is 12.2. The van der Waals surface area contributed by atoms with Crippen LogP contribution in [-0.2, 0) is 15.6 Å². The Balaban J connectivity index is 1.89. The van der Waals surface area contributed by atoms with Crippen molar-refractivity contribution in [3.8, 4) is 0 Å². The number of aromatic nitrogens is 1. The first-order valence-corrected chi connectivity index (χ1v) is 13.9. The summed E-state index contributed by atoms with van der Waals surface area (Å²) < 4.78 is 12.2. The normalized spacial score (nSPS) is 13.0. The van der Waals surface area contributed by atoms with Gasteiger partial charge in [0.2, 0.25) is 0 Å². The second-order valence-corrected chi connectivity index (χ2v) is 14.4. The lowest BCUT2D eigenvalue weighted by atomic mass is 10.1. The van der Waals surface area contributed by atoms with Crippen LogP contribution in [0.3, 0.4) is 0 Å². The fourth-order valence-electron chi connectivity index (χ4n) is 4.19. The molecule has 0 aliphatic heterocycles. The van der Waals surface area contributed by atoms with Crippen molar-refractivity contribution in [3.63, 3.8) is 0 Å². The van der Waals surface area contributed by atoms with E-state index in [1.54, 1.807) is 5.51 Å². The highest BCUT2D eigenvalue weighted by Crippen LogP contribution is 2.37. The Morgan fingerprint density at radius 3 is 2.09 bits per heavy atom. The number of benzene rings is 2. The van der Waals surface area contributed by atoms with Gasteiger partial charge >= 0.3 is 5.97 Å². The van der Waals surface area contributed by atoms with E-state index in [2.05, 4.69) is 93.3 Å². The lowest BCUT2D eigenvalue weighted by Crippen LogP contribution is -2.66. The van der Waals surface area contributed by atoms with Gasteiger partial charge in [-0.3, -0.25) is 0 Å². The van der Waals surface area contributed by atoms with Gasteiger partial charge in [-0.15, -0.1) is 11.3 Å². The van der Waals surface area contributed by atoms with E-state index in [1.807, 2.05) is 6.92 Å². The van der Waals surface area contributed by atoms with E-state index in [0.717, 1.165) is 11.3 Å². The largest absolute Gasteiger partial charge is 0.461 e. The molecule has 0 fully saturated rings. The highest BCUT2D eigenvalue weighted by molar-refractivity contribution is 7.09. The summed E-state index contributed by atoms with van der Waals surface area (Å²) in [5.74, 6) is -0.117. The summed E-state index contributed by atoms with van der Waals surface area (Å²) >= 11 is 1.51. The number of ether oxygens (including phenoxy) is 1. The Hall–Kier alpha value is -2.28. The minimum atomic E-state index is -2.57. The molecule has 1 heterocycles. The fraction of sp³-hybridized carbons (Fsp3) is 0.385. The number of rotatable bonds is 9. The molecule has 0 amide bonds. The molecule has 2 aromatic carbocycles. The van der Waals surface area contributed by atoms with Crippen molar-refractivity contribution in [1.29, 1.82) is 0 Å². The highest BCUT2D eigenvalue weighted by atomic mass is 32.1. The van der Waals surface area contributed by atoms with Gasteiger partial charge < -0.3 is 9.16 Å². The van der Waals surface area contributed by atoms with E-state index < -0.39 is 8.32 Å². The van der Waals surface area contributed by atoms with Gasteiger partial charge in [0, 0.05) is 11.5 Å². The first-order chi connectivity index (χ1) is 15.3. The van der Waals surface area contributed by atoms with E-state index in [1.165, 1.54) is 21.7 Å². The Morgan fingerprint density at radius 2 is 1.59 bits per heavy atom. The molecule has 0 N–H and O–H groups in total. The molecular weight excluding hydrogens is 434 g/mol. The number of hydrogen-bond acceptors (Lipinski definition) is 5. The predicted octanol–water partition coefficient (Wildman–Crippen LogP) is 5.08. The van der Waals surface area contributed by atoms with E-state index in [4.69, 9.17) is 9.16 Å². The van der Waals surface area contributed by atoms with Gasteiger partial charge in [0.1, 0.15) is 0 Å². The molecule has 4 nitrogen and oxygen atoms in total. The van der Waals surface area contributed by atoms with Crippen molar-refractivity contribution in [2.45, 2.75) is 46.1 Å². The first-order valence-electron chi connectivity index (χ1n) is 11.1. The average Bonchev–Trinajstić information content (AvgIpc) is 3.23. The maximum Gasteiger partial charge on any atom is 0.358 e. The minimum absolute atomic E-state index is 0.0595. The third-order valence-electron chi connectivity index (χ3n) is 5.64. The summed E-state index contributed by atoms with van der Waals surface area (Å²) in [6.45, 7) is 11.8. The van der Waals surface area contributed by atoms with Crippen molar-refractivity contribution >= 4 is 36.0 Å². The summed E-state index contributed by atoms with van der Waals surface area (Å²) in [6.07, 6.45) is 0.733. The van der Waals surface area contributed by atoms with E-state index in [0.29, 0.717) is 18.9 Å². The van der Waals surface area contributed by atoms with Crippen molar-refractivity contribution in [1.82, 2.24) is 4.98 Å². The van der Waals surface area contributed by atoms with Gasteiger partial charge in [-0.25, -0.2) is 9.78 Å². The van der Waals surface area contributed by atoms with Crippen LogP contribution >= 0.6 is 11.3 Å². The second kappa shape index (κ2) is 10.6. The van der Waals surface area contributed by atoms with Crippen LogP contribution in [-0.4, -0.2) is 32.5 Å². The zero-order chi connectivity index (χ0) is 23.2. The van der Waals surface area contributed by atoms with Gasteiger partial charge in [0.25, 0.3) is 8.32 Å². The number of hydrogen-bond donors (Lipinski definition) is 0. The smallest absolute Gasteiger partial charge is 0.358 e. The highest BCUT2D eigenvalue weighted by Gasteiger charge is 2.50. The summed E-state index contributed by atoms with van der Waals surface area (Å²) in [4.78, 5) is 17.4. The van der Waals surface area contributed by atoms with Crippen LogP contribution in [0.1, 0.15) is 50.0 Å². The Bertz CT molecular complexity index is 959. The summed E-state index contributed by atoms with van der Waals surface area (Å²) in [5, 5.41) is 2.49. The van der Waals surface area contributed by atoms with Crippen LogP contribution in [0, 0.1) is 5.92 Å². The zero-order valence-corrected chi connectivity index (χ0v) is 21.4. The molecule has 6 heteroatoms. The number of thiazole rings is 1. The van der Waals surface area contributed by atoms with Crippen LogP contribution in [0.5, 0.6) is 0 Å². The molecule has 0 saturated heterocycles. The van der Waals surface area contributed by atoms with Gasteiger partial charge in [0.15, 0.2) is 5.69 Å². The number of esters is 1. The topological polar surface area (TPSA) is 48.4 Å². The second-order valence-electron chi connectivity index (χ2n) is 9.13. The molecule has 1 aromatic heterocycles. The molecule has 0 unspecified atom stereocenters. The summed E-state index contributed by atoms with van der Waals surface area (Å²) in [5.41, 5.74) is 2.16. The molecular formula is C26H33NO3SSi. The molecule has 0 spiro atoms. The van der Waals surface area contributed by atoms with Gasteiger partial charge in [-0.2, -0.15) is 0 Å².